The van der Waals surface area contributed by atoms with Crippen molar-refractivity contribution < 1.29 is 4.74 Å². The van der Waals surface area contributed by atoms with Gasteiger partial charge in [-0.1, -0.05) is 11.6 Å². The molecule has 16 heavy (non-hydrogen) atoms. The lowest BCUT2D eigenvalue weighted by molar-refractivity contribution is 0.415. The van der Waals surface area contributed by atoms with Crippen molar-refractivity contribution in [2.24, 2.45) is 5.73 Å². The molecule has 0 atom stereocenters. The summed E-state index contributed by atoms with van der Waals surface area (Å²) in [5, 5.41) is 3.91. The maximum atomic E-state index is 6.08. The van der Waals surface area contributed by atoms with E-state index in [-0.39, 0.29) is 5.54 Å². The van der Waals surface area contributed by atoms with Crippen LogP contribution in [0.1, 0.15) is 20.3 Å². The Kier molecular flexibility index (Phi) is 4.44. The second kappa shape index (κ2) is 5.41. The van der Waals surface area contributed by atoms with E-state index in [4.69, 9.17) is 22.1 Å². The molecule has 0 aromatic heterocycles. The number of nitrogens with two attached hydrogens (primary N) is 1. The molecule has 3 N–H and O–H groups in total. The molecule has 0 bridgehead atoms. The molecule has 3 nitrogen and oxygen atoms in total. The van der Waals surface area contributed by atoms with Gasteiger partial charge in [0, 0.05) is 18.2 Å². The fourth-order valence-electron chi connectivity index (χ4n) is 1.29. The minimum Gasteiger partial charge on any atom is -0.497 e. The lowest BCUT2D eigenvalue weighted by atomic mass is 10.0. The summed E-state index contributed by atoms with van der Waals surface area (Å²) in [4.78, 5) is 0. The number of hydrogen-bond acceptors (Lipinski definition) is 3. The van der Waals surface area contributed by atoms with Crippen LogP contribution in [0, 0.1) is 0 Å². The van der Waals surface area contributed by atoms with Crippen LogP contribution in [0.2, 0.25) is 5.02 Å². The summed E-state index contributed by atoms with van der Waals surface area (Å²) in [5.41, 5.74) is 6.64. The molecule has 0 aliphatic heterocycles. The van der Waals surface area contributed by atoms with E-state index in [2.05, 4.69) is 5.32 Å². The lowest BCUT2D eigenvalue weighted by Crippen LogP contribution is -2.34. The molecule has 0 radical (unpaired) electrons. The van der Waals surface area contributed by atoms with Crippen LogP contribution in [0.15, 0.2) is 18.2 Å². The van der Waals surface area contributed by atoms with Crippen LogP contribution in [-0.2, 0) is 0 Å². The smallest absolute Gasteiger partial charge is 0.120 e. The Hall–Kier alpha value is -0.930. The van der Waals surface area contributed by atoms with Crippen molar-refractivity contribution in [2.75, 3.05) is 19.0 Å². The monoisotopic (exact) mass is 242 g/mol. The molecule has 0 aliphatic rings. The van der Waals surface area contributed by atoms with E-state index >= 15 is 0 Å². The van der Waals surface area contributed by atoms with Gasteiger partial charge in [0.15, 0.2) is 0 Å². The van der Waals surface area contributed by atoms with Gasteiger partial charge in [-0.2, -0.15) is 0 Å². The average Bonchev–Trinajstić information content (AvgIpc) is 2.18. The van der Waals surface area contributed by atoms with Crippen molar-refractivity contribution in [3.8, 4) is 5.75 Å². The molecule has 1 aromatic carbocycles. The summed E-state index contributed by atoms with van der Waals surface area (Å²) >= 11 is 6.08. The first kappa shape index (κ1) is 13.1. The minimum absolute atomic E-state index is 0.161. The van der Waals surface area contributed by atoms with Gasteiger partial charge < -0.3 is 15.8 Å². The molecule has 0 saturated heterocycles. The van der Waals surface area contributed by atoms with Crippen molar-refractivity contribution in [3.05, 3.63) is 23.2 Å². The van der Waals surface area contributed by atoms with Crippen molar-refractivity contribution in [2.45, 2.75) is 25.8 Å². The number of anilines is 1. The molecule has 0 saturated carbocycles. The SMILES string of the molecule is COc1ccc(NCCC(C)(C)N)c(Cl)c1. The summed E-state index contributed by atoms with van der Waals surface area (Å²) in [5.74, 6) is 0.759. The summed E-state index contributed by atoms with van der Waals surface area (Å²) in [6, 6.07) is 5.57. The molecular weight excluding hydrogens is 224 g/mol. The third-order valence-electron chi connectivity index (χ3n) is 2.26. The number of nitrogens with one attached hydrogen (secondary N) is 1. The van der Waals surface area contributed by atoms with Crippen molar-refractivity contribution in [1.29, 1.82) is 0 Å². The van der Waals surface area contributed by atoms with E-state index < -0.39 is 0 Å². The van der Waals surface area contributed by atoms with Gasteiger partial charge in [-0.05, 0) is 32.4 Å². The third kappa shape index (κ3) is 4.29. The lowest BCUT2D eigenvalue weighted by Gasteiger charge is -2.19. The number of halogens is 1. The zero-order chi connectivity index (χ0) is 12.2. The van der Waals surface area contributed by atoms with E-state index in [1.807, 2.05) is 26.0 Å². The fourth-order valence-corrected chi connectivity index (χ4v) is 1.52. The van der Waals surface area contributed by atoms with Crippen LogP contribution in [0.4, 0.5) is 5.69 Å². The van der Waals surface area contributed by atoms with Crippen LogP contribution in [0.3, 0.4) is 0 Å². The maximum absolute atomic E-state index is 6.08. The molecule has 0 fully saturated rings. The summed E-state index contributed by atoms with van der Waals surface area (Å²) in [7, 11) is 1.62. The molecule has 0 unspecified atom stereocenters. The Balaban J connectivity index is 2.55. The molecule has 0 spiro atoms. The number of methoxy groups -OCH3 is 1. The molecule has 4 heteroatoms. The molecule has 0 aliphatic carbocycles. The number of hydrogen-bond donors (Lipinski definition) is 2. The van der Waals surface area contributed by atoms with Crippen LogP contribution in [0.25, 0.3) is 0 Å². The topological polar surface area (TPSA) is 47.3 Å². The molecule has 0 heterocycles. The van der Waals surface area contributed by atoms with Gasteiger partial charge in [0.25, 0.3) is 0 Å². The normalized spacial score (nSPS) is 11.3. The Labute approximate surface area is 102 Å². The van der Waals surface area contributed by atoms with Crippen LogP contribution < -0.4 is 15.8 Å². The predicted molar refractivity (Wildman–Crippen MR) is 69.4 cm³/mol. The first-order chi connectivity index (χ1) is 7.42. The highest BCUT2D eigenvalue weighted by molar-refractivity contribution is 6.33. The fraction of sp³-hybridized carbons (Fsp3) is 0.500. The van der Waals surface area contributed by atoms with Crippen molar-refractivity contribution in [3.63, 3.8) is 0 Å². The van der Waals surface area contributed by atoms with Gasteiger partial charge in [-0.3, -0.25) is 0 Å². The van der Waals surface area contributed by atoms with Gasteiger partial charge >= 0.3 is 0 Å². The Bertz CT molecular complexity index is 347. The van der Waals surface area contributed by atoms with Crippen molar-refractivity contribution in [1.82, 2.24) is 0 Å². The van der Waals surface area contributed by atoms with Gasteiger partial charge in [0.2, 0.25) is 0 Å². The second-order valence-corrected chi connectivity index (χ2v) is 4.92. The van der Waals surface area contributed by atoms with E-state index in [1.54, 1.807) is 13.2 Å². The Morgan fingerprint density at radius 3 is 2.62 bits per heavy atom. The molecule has 0 amide bonds. The van der Waals surface area contributed by atoms with Gasteiger partial charge in [0.1, 0.15) is 5.75 Å². The quantitative estimate of drug-likeness (QED) is 0.835. The molecule has 1 aromatic rings. The molecule has 90 valence electrons. The zero-order valence-electron chi connectivity index (χ0n) is 10.0. The van der Waals surface area contributed by atoms with E-state index in [9.17, 15) is 0 Å². The summed E-state index contributed by atoms with van der Waals surface area (Å²) < 4.78 is 5.08. The predicted octanol–water partition coefficient (Wildman–Crippen LogP) is 2.89. The van der Waals surface area contributed by atoms with Gasteiger partial charge in [-0.25, -0.2) is 0 Å². The molecular formula is C12H19ClN2O. The first-order valence-corrected chi connectivity index (χ1v) is 5.66. The minimum atomic E-state index is -0.161. The zero-order valence-corrected chi connectivity index (χ0v) is 10.8. The summed E-state index contributed by atoms with van der Waals surface area (Å²) in [6.07, 6.45) is 0.884. The average molecular weight is 243 g/mol. The second-order valence-electron chi connectivity index (χ2n) is 4.51. The largest absolute Gasteiger partial charge is 0.497 e. The standard InChI is InChI=1S/C12H19ClN2O/c1-12(2,14)6-7-15-11-5-4-9(16-3)8-10(11)13/h4-5,8,15H,6-7,14H2,1-3H3. The van der Waals surface area contributed by atoms with Crippen molar-refractivity contribution >= 4 is 17.3 Å². The highest BCUT2D eigenvalue weighted by Gasteiger charge is 2.10. The Morgan fingerprint density at radius 2 is 2.12 bits per heavy atom. The number of ether oxygens (including phenoxy) is 1. The van der Waals surface area contributed by atoms with Crippen LogP contribution >= 0.6 is 11.6 Å². The molecule has 1 rings (SSSR count). The van der Waals surface area contributed by atoms with Crippen LogP contribution in [-0.4, -0.2) is 19.2 Å². The highest BCUT2D eigenvalue weighted by atomic mass is 35.5. The number of benzene rings is 1. The Morgan fingerprint density at radius 1 is 1.44 bits per heavy atom. The highest BCUT2D eigenvalue weighted by Crippen LogP contribution is 2.26. The van der Waals surface area contributed by atoms with Gasteiger partial charge in [0.05, 0.1) is 17.8 Å². The maximum Gasteiger partial charge on any atom is 0.120 e. The van der Waals surface area contributed by atoms with E-state index in [0.717, 1.165) is 24.4 Å². The third-order valence-corrected chi connectivity index (χ3v) is 2.57. The van der Waals surface area contributed by atoms with E-state index in [0.29, 0.717) is 5.02 Å². The van der Waals surface area contributed by atoms with E-state index in [1.165, 1.54) is 0 Å². The summed E-state index contributed by atoms with van der Waals surface area (Å²) in [6.45, 7) is 4.81. The first-order valence-electron chi connectivity index (χ1n) is 5.29. The number of rotatable bonds is 5. The van der Waals surface area contributed by atoms with Crippen LogP contribution in [0.5, 0.6) is 5.75 Å². The van der Waals surface area contributed by atoms with Gasteiger partial charge in [-0.15, -0.1) is 0 Å².